The van der Waals surface area contributed by atoms with Crippen molar-refractivity contribution in [2.45, 2.75) is 26.9 Å². The van der Waals surface area contributed by atoms with Crippen molar-refractivity contribution in [2.75, 3.05) is 0 Å². The molecule has 23 heavy (non-hydrogen) atoms. The van der Waals surface area contributed by atoms with Gasteiger partial charge in [-0.1, -0.05) is 30.3 Å². The lowest BCUT2D eigenvalue weighted by atomic mass is 9.95. The summed E-state index contributed by atoms with van der Waals surface area (Å²) < 4.78 is 11.9. The van der Waals surface area contributed by atoms with Crippen LogP contribution in [-0.4, -0.2) is 5.11 Å². The van der Waals surface area contributed by atoms with Crippen LogP contribution in [0.15, 0.2) is 51.3 Å². The fourth-order valence-corrected chi connectivity index (χ4v) is 3.42. The minimum atomic E-state index is -0.562. The van der Waals surface area contributed by atoms with Crippen LogP contribution in [0.2, 0.25) is 0 Å². The van der Waals surface area contributed by atoms with Gasteiger partial charge in [-0.05, 0) is 38.5 Å². The summed E-state index contributed by atoms with van der Waals surface area (Å²) in [6.45, 7) is 5.71. The molecule has 0 bridgehead atoms. The van der Waals surface area contributed by atoms with Crippen LogP contribution in [0.5, 0.6) is 0 Å². The average molecular weight is 306 g/mol. The van der Waals surface area contributed by atoms with Crippen LogP contribution in [0.3, 0.4) is 0 Å². The maximum atomic E-state index is 10.2. The predicted octanol–water partition coefficient (Wildman–Crippen LogP) is 5.52. The van der Waals surface area contributed by atoms with Crippen LogP contribution in [0, 0.1) is 13.8 Å². The Kier molecular flexibility index (Phi) is 3.06. The van der Waals surface area contributed by atoms with Crippen molar-refractivity contribution in [2.24, 2.45) is 0 Å². The Hall–Kier alpha value is -2.52. The van der Waals surface area contributed by atoms with Crippen molar-refractivity contribution in [3.8, 4) is 11.1 Å². The highest BCUT2D eigenvalue weighted by Gasteiger charge is 2.23. The second kappa shape index (κ2) is 5.00. The summed E-state index contributed by atoms with van der Waals surface area (Å²) in [7, 11) is 0. The number of rotatable bonds is 2. The molecule has 0 fully saturated rings. The SMILES string of the molecule is Cc1oc2ccccc2c1-c1c(C)oc2cccc(C(C)O)c12. The molecular formula is C20H18O3. The summed E-state index contributed by atoms with van der Waals surface area (Å²) >= 11 is 0. The Bertz CT molecular complexity index is 1020. The monoisotopic (exact) mass is 306 g/mol. The summed E-state index contributed by atoms with van der Waals surface area (Å²) in [4.78, 5) is 0. The van der Waals surface area contributed by atoms with Gasteiger partial charge in [0.2, 0.25) is 0 Å². The Morgan fingerprint density at radius 3 is 2.26 bits per heavy atom. The molecule has 3 heteroatoms. The molecule has 0 spiro atoms. The zero-order valence-corrected chi connectivity index (χ0v) is 13.4. The largest absolute Gasteiger partial charge is 0.461 e. The van der Waals surface area contributed by atoms with E-state index in [-0.39, 0.29) is 0 Å². The van der Waals surface area contributed by atoms with Gasteiger partial charge in [-0.15, -0.1) is 0 Å². The fourth-order valence-electron chi connectivity index (χ4n) is 3.42. The Labute approximate surface area is 134 Å². The van der Waals surface area contributed by atoms with Crippen molar-refractivity contribution in [1.82, 2.24) is 0 Å². The van der Waals surface area contributed by atoms with Crippen molar-refractivity contribution in [3.05, 3.63) is 59.5 Å². The molecule has 2 heterocycles. The number of benzene rings is 2. The third-order valence-electron chi connectivity index (χ3n) is 4.40. The molecule has 2 aromatic heterocycles. The van der Waals surface area contributed by atoms with Crippen LogP contribution >= 0.6 is 0 Å². The van der Waals surface area contributed by atoms with Crippen LogP contribution in [-0.2, 0) is 0 Å². The Balaban J connectivity index is 2.17. The number of fused-ring (bicyclic) bond motifs is 2. The smallest absolute Gasteiger partial charge is 0.135 e. The van der Waals surface area contributed by atoms with Crippen LogP contribution in [0.4, 0.5) is 0 Å². The molecule has 4 aromatic rings. The van der Waals surface area contributed by atoms with E-state index >= 15 is 0 Å². The summed E-state index contributed by atoms with van der Waals surface area (Å²) in [5, 5.41) is 12.2. The highest BCUT2D eigenvalue weighted by atomic mass is 16.3. The number of hydrogen-bond donors (Lipinski definition) is 1. The zero-order valence-electron chi connectivity index (χ0n) is 13.4. The van der Waals surface area contributed by atoms with Gasteiger partial charge < -0.3 is 13.9 Å². The van der Waals surface area contributed by atoms with Crippen molar-refractivity contribution >= 4 is 21.9 Å². The van der Waals surface area contributed by atoms with E-state index in [1.807, 2.05) is 50.2 Å². The first kappa shape index (κ1) is 14.1. The first-order valence-corrected chi connectivity index (χ1v) is 7.76. The first-order valence-electron chi connectivity index (χ1n) is 7.76. The maximum Gasteiger partial charge on any atom is 0.135 e. The van der Waals surface area contributed by atoms with Crippen LogP contribution in [0.25, 0.3) is 33.1 Å². The molecule has 1 atom stereocenters. The lowest BCUT2D eigenvalue weighted by Gasteiger charge is -2.08. The summed E-state index contributed by atoms with van der Waals surface area (Å²) in [6.07, 6.45) is -0.562. The number of hydrogen-bond acceptors (Lipinski definition) is 3. The van der Waals surface area contributed by atoms with E-state index in [1.54, 1.807) is 6.92 Å². The number of aliphatic hydroxyl groups excluding tert-OH is 1. The van der Waals surface area contributed by atoms with Crippen molar-refractivity contribution in [3.63, 3.8) is 0 Å². The molecule has 0 aliphatic heterocycles. The van der Waals surface area contributed by atoms with Gasteiger partial charge in [0.25, 0.3) is 0 Å². The molecule has 0 aliphatic rings. The Morgan fingerprint density at radius 1 is 0.826 bits per heavy atom. The van der Waals surface area contributed by atoms with E-state index < -0.39 is 6.10 Å². The molecule has 4 rings (SSSR count). The predicted molar refractivity (Wildman–Crippen MR) is 91.5 cm³/mol. The molecule has 0 amide bonds. The van der Waals surface area contributed by atoms with Gasteiger partial charge in [0.15, 0.2) is 0 Å². The van der Waals surface area contributed by atoms with Crippen LogP contribution < -0.4 is 0 Å². The normalized spacial score (nSPS) is 13.0. The van der Waals surface area contributed by atoms with E-state index in [9.17, 15) is 5.11 Å². The molecule has 0 saturated heterocycles. The van der Waals surface area contributed by atoms with Gasteiger partial charge in [-0.2, -0.15) is 0 Å². The molecule has 1 unspecified atom stereocenters. The van der Waals surface area contributed by atoms with E-state index in [0.717, 1.165) is 50.1 Å². The fraction of sp³-hybridized carbons (Fsp3) is 0.200. The van der Waals surface area contributed by atoms with Gasteiger partial charge >= 0.3 is 0 Å². The minimum Gasteiger partial charge on any atom is -0.461 e. The van der Waals surface area contributed by atoms with Crippen molar-refractivity contribution < 1.29 is 13.9 Å². The van der Waals surface area contributed by atoms with E-state index in [4.69, 9.17) is 8.83 Å². The van der Waals surface area contributed by atoms with Gasteiger partial charge in [-0.3, -0.25) is 0 Å². The lowest BCUT2D eigenvalue weighted by Crippen LogP contribution is -1.92. The highest BCUT2D eigenvalue weighted by molar-refractivity contribution is 6.06. The number of para-hydroxylation sites is 1. The minimum absolute atomic E-state index is 0.562. The maximum absolute atomic E-state index is 10.2. The van der Waals surface area contributed by atoms with Gasteiger partial charge in [0, 0.05) is 21.9 Å². The second-order valence-corrected chi connectivity index (χ2v) is 5.96. The van der Waals surface area contributed by atoms with E-state index in [0.29, 0.717) is 0 Å². The number of aliphatic hydroxyl groups is 1. The van der Waals surface area contributed by atoms with Crippen LogP contribution in [0.1, 0.15) is 30.1 Å². The van der Waals surface area contributed by atoms with E-state index in [1.165, 1.54) is 0 Å². The molecular weight excluding hydrogens is 288 g/mol. The zero-order chi connectivity index (χ0) is 16.1. The third kappa shape index (κ3) is 2.01. The van der Waals surface area contributed by atoms with Gasteiger partial charge in [-0.25, -0.2) is 0 Å². The molecule has 1 N–H and O–H groups in total. The summed E-state index contributed by atoms with van der Waals surface area (Å²) in [5.74, 6) is 1.69. The van der Waals surface area contributed by atoms with Gasteiger partial charge in [0.05, 0.1) is 6.10 Å². The topological polar surface area (TPSA) is 46.5 Å². The molecule has 3 nitrogen and oxygen atoms in total. The number of aryl methyl sites for hydroxylation is 2. The molecule has 0 radical (unpaired) electrons. The molecule has 116 valence electrons. The molecule has 2 aromatic carbocycles. The second-order valence-electron chi connectivity index (χ2n) is 5.96. The first-order chi connectivity index (χ1) is 11.1. The lowest BCUT2D eigenvalue weighted by molar-refractivity contribution is 0.201. The molecule has 0 aliphatic carbocycles. The van der Waals surface area contributed by atoms with Crippen molar-refractivity contribution in [1.29, 1.82) is 0 Å². The Morgan fingerprint density at radius 2 is 1.48 bits per heavy atom. The quantitative estimate of drug-likeness (QED) is 0.530. The molecule has 0 saturated carbocycles. The summed E-state index contributed by atoms with van der Waals surface area (Å²) in [6, 6.07) is 13.8. The number of furan rings is 2. The highest BCUT2D eigenvalue weighted by Crippen LogP contribution is 2.43. The van der Waals surface area contributed by atoms with Gasteiger partial charge in [0.1, 0.15) is 22.7 Å². The average Bonchev–Trinajstić information content (AvgIpc) is 3.01. The standard InChI is InChI=1S/C20H18O3/c1-11(21)14-8-6-10-17-20(14)19(13(3)23-17)18-12(2)22-16-9-5-4-7-15(16)18/h4-11,21H,1-3H3. The third-order valence-corrected chi connectivity index (χ3v) is 4.40. The summed E-state index contributed by atoms with van der Waals surface area (Å²) in [5.41, 5.74) is 4.59. The van der Waals surface area contributed by atoms with E-state index in [2.05, 4.69) is 6.07 Å².